The lowest BCUT2D eigenvalue weighted by atomic mass is 10.0. The second-order valence-corrected chi connectivity index (χ2v) is 7.50. The van der Waals surface area contributed by atoms with Crippen molar-refractivity contribution in [3.63, 3.8) is 0 Å². The number of nitrogens with zero attached hydrogens (tertiary/aromatic N) is 1. The molecule has 1 aliphatic heterocycles. The molecule has 1 aliphatic rings. The van der Waals surface area contributed by atoms with E-state index in [4.69, 9.17) is 9.15 Å². The van der Waals surface area contributed by atoms with E-state index in [9.17, 15) is 9.59 Å². The van der Waals surface area contributed by atoms with Crippen LogP contribution in [0.1, 0.15) is 36.7 Å². The Labute approximate surface area is 171 Å². The Morgan fingerprint density at radius 1 is 1.28 bits per heavy atom. The first-order chi connectivity index (χ1) is 14.1. The lowest BCUT2D eigenvalue weighted by Crippen LogP contribution is -2.37. The first-order valence-electron chi connectivity index (χ1n) is 10.2. The predicted octanol–water partition coefficient (Wildman–Crippen LogP) is 3.15. The molecule has 1 unspecified atom stereocenters. The number of ether oxygens (including phenoxy) is 1. The van der Waals surface area contributed by atoms with Crippen LogP contribution >= 0.6 is 0 Å². The van der Waals surface area contributed by atoms with Gasteiger partial charge < -0.3 is 24.7 Å². The van der Waals surface area contributed by atoms with E-state index >= 15 is 0 Å². The Bertz CT molecular complexity index is 791. The summed E-state index contributed by atoms with van der Waals surface area (Å²) in [6.45, 7) is 6.21. The van der Waals surface area contributed by atoms with E-state index in [-0.39, 0.29) is 24.2 Å². The van der Waals surface area contributed by atoms with E-state index in [1.165, 1.54) is 19.1 Å². The van der Waals surface area contributed by atoms with Crippen molar-refractivity contribution in [3.05, 3.63) is 48.4 Å². The molecule has 2 amide bonds. The minimum Gasteiger partial charge on any atom is -0.484 e. The highest BCUT2D eigenvalue weighted by Gasteiger charge is 2.15. The number of amides is 2. The minimum atomic E-state index is -0.340. The number of anilines is 1. The number of rotatable bonds is 9. The summed E-state index contributed by atoms with van der Waals surface area (Å²) in [4.78, 5) is 26.5. The fourth-order valence-corrected chi connectivity index (χ4v) is 3.48. The fourth-order valence-electron chi connectivity index (χ4n) is 3.48. The van der Waals surface area contributed by atoms with Gasteiger partial charge in [-0.1, -0.05) is 13.0 Å². The zero-order valence-corrected chi connectivity index (χ0v) is 16.9. The number of furan rings is 1. The average Bonchev–Trinajstić information content (AvgIpc) is 3.25. The molecule has 29 heavy (non-hydrogen) atoms. The smallest absolute Gasteiger partial charge is 0.291 e. The summed E-state index contributed by atoms with van der Waals surface area (Å²) in [5.41, 5.74) is 0.570. The number of nitrogens with one attached hydrogen (secondary N) is 2. The number of likely N-dealkylation sites (tertiary alicyclic amines) is 1. The van der Waals surface area contributed by atoms with Gasteiger partial charge in [0.1, 0.15) is 5.75 Å². The number of carbonyl (C=O) groups excluding carboxylic acids is 2. The SMILES string of the molecule is CC1CCCN(CCCNC(=O)COc2cccc(NC(=O)c3ccco3)c2)C1. The minimum absolute atomic E-state index is 0.0592. The summed E-state index contributed by atoms with van der Waals surface area (Å²) >= 11 is 0. The third kappa shape index (κ3) is 6.94. The molecule has 7 nitrogen and oxygen atoms in total. The largest absolute Gasteiger partial charge is 0.484 e. The van der Waals surface area contributed by atoms with Crippen LogP contribution in [0.3, 0.4) is 0 Å². The van der Waals surface area contributed by atoms with Gasteiger partial charge in [0.05, 0.1) is 6.26 Å². The van der Waals surface area contributed by atoms with Crippen molar-refractivity contribution in [1.29, 1.82) is 0 Å². The molecule has 1 aromatic carbocycles. The summed E-state index contributed by atoms with van der Waals surface area (Å²) < 4.78 is 10.6. The van der Waals surface area contributed by atoms with Gasteiger partial charge in [-0.25, -0.2) is 0 Å². The maximum absolute atomic E-state index is 12.0. The number of hydrogen-bond acceptors (Lipinski definition) is 5. The van der Waals surface area contributed by atoms with Crippen LogP contribution in [0.2, 0.25) is 0 Å². The third-order valence-corrected chi connectivity index (χ3v) is 4.92. The summed E-state index contributed by atoms with van der Waals surface area (Å²) in [6, 6.07) is 10.2. The molecule has 1 fully saturated rings. The number of benzene rings is 1. The molecule has 2 N–H and O–H groups in total. The van der Waals surface area contributed by atoms with Crippen molar-refractivity contribution in [1.82, 2.24) is 10.2 Å². The lowest BCUT2D eigenvalue weighted by molar-refractivity contribution is -0.123. The van der Waals surface area contributed by atoms with Crippen molar-refractivity contribution in [2.45, 2.75) is 26.2 Å². The van der Waals surface area contributed by atoms with Crippen LogP contribution in [-0.4, -0.2) is 49.5 Å². The summed E-state index contributed by atoms with van der Waals surface area (Å²) in [6.07, 6.45) is 4.97. The van der Waals surface area contributed by atoms with Gasteiger partial charge in [0.15, 0.2) is 12.4 Å². The van der Waals surface area contributed by atoms with Gasteiger partial charge in [-0.15, -0.1) is 0 Å². The van der Waals surface area contributed by atoms with Crippen molar-refractivity contribution in [3.8, 4) is 5.75 Å². The van der Waals surface area contributed by atoms with Crippen LogP contribution in [-0.2, 0) is 4.79 Å². The molecule has 0 aliphatic carbocycles. The zero-order chi connectivity index (χ0) is 20.5. The van der Waals surface area contributed by atoms with Gasteiger partial charge in [-0.05, 0) is 62.5 Å². The van der Waals surface area contributed by atoms with Gasteiger partial charge >= 0.3 is 0 Å². The van der Waals surface area contributed by atoms with Crippen molar-refractivity contribution in [2.75, 3.05) is 38.1 Å². The molecular weight excluding hydrogens is 370 g/mol. The molecule has 1 aromatic heterocycles. The fraction of sp³-hybridized carbons (Fsp3) is 0.455. The van der Waals surface area contributed by atoms with E-state index in [0.29, 0.717) is 18.0 Å². The number of hydrogen-bond donors (Lipinski definition) is 2. The molecule has 2 aromatic rings. The second kappa shape index (κ2) is 10.7. The summed E-state index contributed by atoms with van der Waals surface area (Å²) in [5.74, 6) is 1.02. The maximum Gasteiger partial charge on any atom is 0.291 e. The Hall–Kier alpha value is -2.80. The quantitative estimate of drug-likeness (QED) is 0.633. The van der Waals surface area contributed by atoms with E-state index in [2.05, 4.69) is 22.5 Å². The lowest BCUT2D eigenvalue weighted by Gasteiger charge is -2.30. The third-order valence-electron chi connectivity index (χ3n) is 4.92. The highest BCUT2D eigenvalue weighted by atomic mass is 16.5. The van der Waals surface area contributed by atoms with Crippen molar-refractivity contribution >= 4 is 17.5 Å². The molecule has 0 spiro atoms. The van der Waals surface area contributed by atoms with Gasteiger partial charge in [-0.2, -0.15) is 0 Å². The van der Waals surface area contributed by atoms with Gasteiger partial charge in [0, 0.05) is 24.8 Å². The topological polar surface area (TPSA) is 83.8 Å². The number of carbonyl (C=O) groups is 2. The van der Waals surface area contributed by atoms with Crippen LogP contribution in [0, 0.1) is 5.92 Å². The highest BCUT2D eigenvalue weighted by molar-refractivity contribution is 6.02. The predicted molar refractivity (Wildman–Crippen MR) is 111 cm³/mol. The molecule has 1 atom stereocenters. The number of piperidine rings is 1. The van der Waals surface area contributed by atoms with E-state index in [1.54, 1.807) is 36.4 Å². The molecule has 0 bridgehead atoms. The van der Waals surface area contributed by atoms with E-state index in [1.807, 2.05) is 0 Å². The molecule has 0 saturated carbocycles. The maximum atomic E-state index is 12.0. The van der Waals surface area contributed by atoms with Crippen LogP contribution in [0.25, 0.3) is 0 Å². The molecule has 156 valence electrons. The molecule has 7 heteroatoms. The molecule has 1 saturated heterocycles. The normalized spacial score (nSPS) is 16.9. The molecule has 3 rings (SSSR count). The summed E-state index contributed by atoms with van der Waals surface area (Å²) in [7, 11) is 0. The first kappa shape index (κ1) is 20.9. The summed E-state index contributed by atoms with van der Waals surface area (Å²) in [5, 5.41) is 5.63. The van der Waals surface area contributed by atoms with E-state index < -0.39 is 0 Å². The van der Waals surface area contributed by atoms with Gasteiger partial charge in [-0.3, -0.25) is 9.59 Å². The molecular formula is C22H29N3O4. The Morgan fingerprint density at radius 3 is 2.97 bits per heavy atom. The highest BCUT2D eigenvalue weighted by Crippen LogP contribution is 2.18. The van der Waals surface area contributed by atoms with Gasteiger partial charge in [0.25, 0.3) is 11.8 Å². The van der Waals surface area contributed by atoms with E-state index in [0.717, 1.165) is 32.0 Å². The average molecular weight is 399 g/mol. The van der Waals surface area contributed by atoms with Crippen LogP contribution in [0.15, 0.2) is 47.1 Å². The zero-order valence-electron chi connectivity index (χ0n) is 16.9. The monoisotopic (exact) mass is 399 g/mol. The Kier molecular flexibility index (Phi) is 7.69. The van der Waals surface area contributed by atoms with Crippen molar-refractivity contribution in [2.24, 2.45) is 5.92 Å². The Balaban J connectivity index is 1.35. The first-order valence-corrected chi connectivity index (χ1v) is 10.2. The van der Waals surface area contributed by atoms with Crippen molar-refractivity contribution < 1.29 is 18.7 Å². The molecule has 2 heterocycles. The van der Waals surface area contributed by atoms with Gasteiger partial charge in [0.2, 0.25) is 0 Å². The Morgan fingerprint density at radius 2 is 2.17 bits per heavy atom. The second-order valence-electron chi connectivity index (χ2n) is 7.50. The standard InChI is InChI=1S/C22H29N3O4/c1-17-6-3-11-25(15-17)12-5-10-23-21(26)16-29-19-8-2-7-18(14-19)24-22(27)20-9-4-13-28-20/h2,4,7-9,13-14,17H,3,5-6,10-12,15-16H2,1H3,(H,23,26)(H,24,27). The molecule has 0 radical (unpaired) electrons. The van der Waals surface area contributed by atoms with Crippen LogP contribution in [0.5, 0.6) is 5.75 Å². The van der Waals surface area contributed by atoms with Crippen LogP contribution < -0.4 is 15.4 Å². The van der Waals surface area contributed by atoms with Crippen LogP contribution in [0.4, 0.5) is 5.69 Å².